The van der Waals surface area contributed by atoms with Gasteiger partial charge in [-0.05, 0) is 48.4 Å². The quantitative estimate of drug-likeness (QED) is 0.753. The number of fused-ring (bicyclic) bond motifs is 5. The van der Waals surface area contributed by atoms with Gasteiger partial charge in [0.2, 0.25) is 5.91 Å². The van der Waals surface area contributed by atoms with E-state index in [-0.39, 0.29) is 41.0 Å². The SMILES string of the molecule is N#CC(Cc1ccc2c(c1)C(=O)N=C1C2=CC(F)C(F)=C1F)NC(=O)[C@H]1N[C@@H]2CC[C@H]1C2. The number of rotatable bonds is 4. The van der Waals surface area contributed by atoms with Crippen molar-refractivity contribution in [2.75, 3.05) is 0 Å². The first kappa shape index (κ1) is 20.6. The van der Waals surface area contributed by atoms with Crippen molar-refractivity contribution in [2.24, 2.45) is 10.9 Å². The van der Waals surface area contributed by atoms with Crippen LogP contribution < -0.4 is 10.6 Å². The van der Waals surface area contributed by atoms with Gasteiger partial charge in [0.05, 0.1) is 12.1 Å². The largest absolute Gasteiger partial charge is 0.339 e. The summed E-state index contributed by atoms with van der Waals surface area (Å²) in [6.45, 7) is 0. The Balaban J connectivity index is 1.35. The van der Waals surface area contributed by atoms with Crippen molar-refractivity contribution >= 4 is 23.1 Å². The van der Waals surface area contributed by atoms with Gasteiger partial charge >= 0.3 is 0 Å². The molecule has 5 atom stereocenters. The number of nitrogens with zero attached hydrogens (tertiary/aromatic N) is 2. The minimum absolute atomic E-state index is 0.0186. The third-order valence-corrected chi connectivity index (χ3v) is 6.60. The van der Waals surface area contributed by atoms with E-state index in [4.69, 9.17) is 0 Å². The third-order valence-electron chi connectivity index (χ3n) is 6.60. The van der Waals surface area contributed by atoms with Gasteiger partial charge in [0.25, 0.3) is 5.91 Å². The monoisotopic (exact) mass is 440 g/mol. The Morgan fingerprint density at radius 2 is 2.12 bits per heavy atom. The molecule has 2 aliphatic heterocycles. The van der Waals surface area contributed by atoms with Crippen LogP contribution in [0.15, 0.2) is 40.9 Å². The Bertz CT molecular complexity index is 1170. The van der Waals surface area contributed by atoms with Crippen LogP contribution >= 0.6 is 0 Å². The molecule has 9 heteroatoms. The summed E-state index contributed by atoms with van der Waals surface area (Å²) in [5.41, 5.74) is 0.446. The Labute approximate surface area is 181 Å². The van der Waals surface area contributed by atoms with Crippen LogP contribution in [0.3, 0.4) is 0 Å². The van der Waals surface area contributed by atoms with Gasteiger partial charge in [0.1, 0.15) is 11.8 Å². The number of benzene rings is 1. The number of nitrogens with one attached hydrogen (secondary N) is 2. The lowest BCUT2D eigenvalue weighted by Gasteiger charge is -2.24. The molecule has 6 nitrogen and oxygen atoms in total. The van der Waals surface area contributed by atoms with Crippen molar-refractivity contribution in [3.63, 3.8) is 0 Å². The van der Waals surface area contributed by atoms with E-state index in [1.807, 2.05) is 0 Å². The van der Waals surface area contributed by atoms with Crippen LogP contribution in [0.1, 0.15) is 40.7 Å². The number of halogens is 3. The first-order valence-corrected chi connectivity index (χ1v) is 10.5. The summed E-state index contributed by atoms with van der Waals surface area (Å²) >= 11 is 0. The fourth-order valence-electron chi connectivity index (χ4n) is 5.05. The summed E-state index contributed by atoms with van der Waals surface area (Å²) < 4.78 is 41.5. The number of nitriles is 1. The molecule has 2 fully saturated rings. The van der Waals surface area contributed by atoms with Crippen molar-refractivity contribution in [1.29, 1.82) is 5.26 Å². The van der Waals surface area contributed by atoms with Crippen LogP contribution in [-0.2, 0) is 11.2 Å². The predicted octanol–water partition coefficient (Wildman–Crippen LogP) is 2.86. The van der Waals surface area contributed by atoms with E-state index in [0.29, 0.717) is 11.6 Å². The Hall–Kier alpha value is -3.25. The fraction of sp³-hybridized carbons (Fsp3) is 0.391. The summed E-state index contributed by atoms with van der Waals surface area (Å²) in [6, 6.07) is 5.93. The smallest absolute Gasteiger partial charge is 0.278 e. The van der Waals surface area contributed by atoms with Gasteiger partial charge < -0.3 is 10.6 Å². The molecule has 2 unspecified atom stereocenters. The summed E-state index contributed by atoms with van der Waals surface area (Å²) in [5, 5.41) is 15.6. The zero-order valence-electron chi connectivity index (χ0n) is 16.9. The molecule has 2 bridgehead atoms. The maximum Gasteiger partial charge on any atom is 0.278 e. The molecule has 2 N–H and O–H groups in total. The zero-order valence-corrected chi connectivity index (χ0v) is 16.9. The molecule has 164 valence electrons. The molecule has 1 saturated carbocycles. The molecule has 1 aromatic carbocycles. The number of alkyl halides is 1. The molecule has 2 amide bonds. The molecule has 0 radical (unpaired) electrons. The van der Waals surface area contributed by atoms with Gasteiger partial charge in [-0.25, -0.2) is 18.2 Å². The van der Waals surface area contributed by atoms with Gasteiger partial charge in [-0.1, -0.05) is 12.1 Å². The first-order chi connectivity index (χ1) is 15.4. The van der Waals surface area contributed by atoms with Crippen molar-refractivity contribution < 1.29 is 22.8 Å². The van der Waals surface area contributed by atoms with Crippen LogP contribution in [0.4, 0.5) is 13.2 Å². The average molecular weight is 440 g/mol. The van der Waals surface area contributed by atoms with Gasteiger partial charge in [0, 0.05) is 23.6 Å². The van der Waals surface area contributed by atoms with E-state index in [9.17, 15) is 28.0 Å². The van der Waals surface area contributed by atoms with E-state index in [0.717, 1.165) is 25.3 Å². The highest BCUT2D eigenvalue weighted by atomic mass is 19.2. The first-order valence-electron chi connectivity index (χ1n) is 10.5. The maximum atomic E-state index is 14.1. The average Bonchev–Trinajstić information content (AvgIpc) is 3.42. The molecular weight excluding hydrogens is 421 g/mol. The van der Waals surface area contributed by atoms with Crippen molar-refractivity contribution in [2.45, 2.75) is 50.0 Å². The molecule has 0 aromatic heterocycles. The normalized spacial score (nSPS) is 29.0. The maximum absolute atomic E-state index is 14.1. The number of allylic oxidation sites excluding steroid dienone is 4. The summed E-state index contributed by atoms with van der Waals surface area (Å²) in [6.07, 6.45) is 1.83. The number of amides is 2. The van der Waals surface area contributed by atoms with Crippen molar-refractivity contribution in [3.05, 3.63) is 52.6 Å². The van der Waals surface area contributed by atoms with E-state index < -0.39 is 35.5 Å². The van der Waals surface area contributed by atoms with E-state index >= 15 is 0 Å². The summed E-state index contributed by atoms with van der Waals surface area (Å²) in [5.74, 6) is -3.77. The molecule has 1 saturated heterocycles. The second-order valence-electron chi connectivity index (χ2n) is 8.60. The van der Waals surface area contributed by atoms with E-state index in [1.54, 1.807) is 6.07 Å². The zero-order chi connectivity index (χ0) is 22.6. The number of carbonyl (C=O) groups excluding carboxylic acids is 2. The summed E-state index contributed by atoms with van der Waals surface area (Å²) in [4.78, 5) is 28.7. The third kappa shape index (κ3) is 3.35. The number of hydrogen-bond donors (Lipinski definition) is 2. The van der Waals surface area contributed by atoms with Crippen LogP contribution in [0.25, 0.3) is 5.57 Å². The van der Waals surface area contributed by atoms with Gasteiger partial charge in [-0.15, -0.1) is 0 Å². The van der Waals surface area contributed by atoms with Crippen LogP contribution in [0.2, 0.25) is 0 Å². The van der Waals surface area contributed by atoms with Gasteiger partial charge in [-0.3, -0.25) is 9.59 Å². The second kappa shape index (κ2) is 7.71. The lowest BCUT2D eigenvalue weighted by Crippen LogP contribution is -2.50. The van der Waals surface area contributed by atoms with Crippen molar-refractivity contribution in [3.8, 4) is 6.07 Å². The molecule has 2 heterocycles. The van der Waals surface area contributed by atoms with Crippen molar-refractivity contribution in [1.82, 2.24) is 10.6 Å². The van der Waals surface area contributed by atoms with Crippen LogP contribution in [0.5, 0.6) is 0 Å². The molecular formula is C23H19F3N4O2. The lowest BCUT2D eigenvalue weighted by atomic mass is 9.86. The van der Waals surface area contributed by atoms with Gasteiger partial charge in [0.15, 0.2) is 17.8 Å². The van der Waals surface area contributed by atoms with E-state index in [2.05, 4.69) is 21.7 Å². The molecule has 5 rings (SSSR count). The number of hydrogen-bond acceptors (Lipinski definition) is 4. The number of piperidine rings is 1. The lowest BCUT2D eigenvalue weighted by molar-refractivity contribution is -0.124. The second-order valence-corrected chi connectivity index (χ2v) is 8.60. The molecule has 1 aromatic rings. The number of aliphatic imine (C=N–C) groups is 1. The Morgan fingerprint density at radius 1 is 1.31 bits per heavy atom. The highest BCUT2D eigenvalue weighted by Crippen LogP contribution is 2.37. The fourth-order valence-corrected chi connectivity index (χ4v) is 5.05. The minimum Gasteiger partial charge on any atom is -0.339 e. The minimum atomic E-state index is -2.25. The van der Waals surface area contributed by atoms with Gasteiger partial charge in [-0.2, -0.15) is 5.26 Å². The Morgan fingerprint density at radius 3 is 2.81 bits per heavy atom. The highest BCUT2D eigenvalue weighted by molar-refractivity contribution is 6.38. The molecule has 0 spiro atoms. The van der Waals surface area contributed by atoms with Crippen LogP contribution in [-0.4, -0.2) is 41.8 Å². The van der Waals surface area contributed by atoms with E-state index in [1.165, 1.54) is 12.1 Å². The summed E-state index contributed by atoms with van der Waals surface area (Å²) in [7, 11) is 0. The molecule has 2 aliphatic carbocycles. The molecule has 4 aliphatic rings. The van der Waals surface area contributed by atoms with Crippen LogP contribution in [0, 0.1) is 17.2 Å². The Kier molecular flexibility index (Phi) is 4.97. The number of carbonyl (C=O) groups is 2. The molecule has 32 heavy (non-hydrogen) atoms. The highest BCUT2D eigenvalue weighted by Gasteiger charge is 2.43. The standard InChI is InChI=1S/C23H19F3N4O2/c24-17-8-15-14-4-1-10(6-16(14)22(31)30-21(15)19(26)18(17)25)5-13(9-27)29-23(32)20-11-2-3-12(7-11)28-20/h1,4,6,8,11-13,17,20,28H,2-3,5,7H2,(H,29,32)/t11-,12+,13?,17?,20-/m0/s1. The predicted molar refractivity (Wildman–Crippen MR) is 110 cm³/mol. The topological polar surface area (TPSA) is 94.3 Å².